The summed E-state index contributed by atoms with van der Waals surface area (Å²) in [5.41, 5.74) is 2.66. The highest BCUT2D eigenvalue weighted by atomic mass is 35.5. The number of hydrogen-bond donors (Lipinski definition) is 1. The van der Waals surface area contributed by atoms with Crippen molar-refractivity contribution < 1.29 is 23.5 Å². The summed E-state index contributed by atoms with van der Waals surface area (Å²) in [6, 6.07) is 18.4. The van der Waals surface area contributed by atoms with E-state index in [4.69, 9.17) is 21.1 Å². The topological polar surface area (TPSA) is 93.7 Å². The van der Waals surface area contributed by atoms with Gasteiger partial charge in [0.2, 0.25) is 5.91 Å². The zero-order valence-electron chi connectivity index (χ0n) is 23.6. The number of carbonyl (C=O) groups is 2. The van der Waals surface area contributed by atoms with Gasteiger partial charge in [-0.25, -0.2) is 14.4 Å². The van der Waals surface area contributed by atoms with Gasteiger partial charge in [0, 0.05) is 34.6 Å². The van der Waals surface area contributed by atoms with Crippen LogP contribution in [0.4, 0.5) is 10.1 Å². The third kappa shape index (κ3) is 7.77. The maximum Gasteiger partial charge on any atom is 0.251 e. The number of aryl methyl sites for hydroxylation is 2. The lowest BCUT2D eigenvalue weighted by Gasteiger charge is -2.32. The maximum atomic E-state index is 14.9. The molecule has 8 nitrogen and oxygen atoms in total. The first kappa shape index (κ1) is 30.8. The molecule has 4 rings (SSSR count). The molecule has 1 unspecified atom stereocenters. The molecule has 1 heterocycles. The van der Waals surface area contributed by atoms with Crippen molar-refractivity contribution in [1.82, 2.24) is 14.9 Å². The Balaban J connectivity index is 1.74. The Labute approximate surface area is 253 Å². The van der Waals surface area contributed by atoms with E-state index < -0.39 is 23.7 Å². The number of amides is 2. The number of ether oxygens (including phenoxy) is 2. The number of methoxy groups -OCH3 is 2. The van der Waals surface area contributed by atoms with Crippen LogP contribution >= 0.6 is 23.4 Å². The Kier molecular flexibility index (Phi) is 10.4. The fraction of sp³-hybridized carbons (Fsp3) is 0.226. The van der Waals surface area contributed by atoms with Crippen molar-refractivity contribution in [2.24, 2.45) is 0 Å². The average molecular weight is 609 g/mol. The largest absolute Gasteiger partial charge is 0.497 e. The summed E-state index contributed by atoms with van der Waals surface area (Å²) < 4.78 is 25.6. The number of anilines is 1. The van der Waals surface area contributed by atoms with Crippen molar-refractivity contribution in [2.45, 2.75) is 31.6 Å². The first-order valence-corrected chi connectivity index (χ1v) is 14.3. The summed E-state index contributed by atoms with van der Waals surface area (Å²) >= 11 is 7.30. The number of aromatic nitrogens is 2. The van der Waals surface area contributed by atoms with E-state index in [-0.39, 0.29) is 17.9 Å². The van der Waals surface area contributed by atoms with Gasteiger partial charge in [-0.2, -0.15) is 0 Å². The average Bonchev–Trinajstić information content (AvgIpc) is 2.97. The van der Waals surface area contributed by atoms with Gasteiger partial charge < -0.3 is 19.7 Å². The van der Waals surface area contributed by atoms with Crippen LogP contribution in [0, 0.1) is 19.7 Å². The Hall–Kier alpha value is -4.15. The zero-order valence-corrected chi connectivity index (χ0v) is 25.1. The van der Waals surface area contributed by atoms with Crippen LogP contribution in [0.15, 0.2) is 78.0 Å². The van der Waals surface area contributed by atoms with Gasteiger partial charge in [0.1, 0.15) is 23.4 Å². The van der Waals surface area contributed by atoms with Crippen LogP contribution in [-0.4, -0.2) is 46.7 Å². The SMILES string of the molecule is COc1ccc(NC(=O)C(c2ccc(Cl)cc2)N(Cc2ccccc2F)C(=O)CSc2nc(C)cc(C)n2)c(OC)c1. The molecule has 0 radical (unpaired) electrons. The lowest BCUT2D eigenvalue weighted by molar-refractivity contribution is -0.137. The number of nitrogens with one attached hydrogen (secondary N) is 1. The van der Waals surface area contributed by atoms with Crippen molar-refractivity contribution in [2.75, 3.05) is 25.3 Å². The summed E-state index contributed by atoms with van der Waals surface area (Å²) in [6.07, 6.45) is 0. The molecule has 0 aliphatic rings. The molecule has 1 atom stereocenters. The molecule has 0 saturated heterocycles. The van der Waals surface area contributed by atoms with Gasteiger partial charge in [0.15, 0.2) is 5.16 Å². The van der Waals surface area contributed by atoms with Crippen molar-refractivity contribution in [3.05, 3.63) is 106 Å². The molecule has 3 aromatic carbocycles. The molecular weight excluding hydrogens is 579 g/mol. The number of carbonyl (C=O) groups excluding carboxylic acids is 2. The molecule has 1 N–H and O–H groups in total. The highest BCUT2D eigenvalue weighted by Gasteiger charge is 2.33. The lowest BCUT2D eigenvalue weighted by atomic mass is 10.0. The zero-order chi connectivity index (χ0) is 30.2. The summed E-state index contributed by atoms with van der Waals surface area (Å²) in [4.78, 5) is 38.1. The number of nitrogens with zero attached hydrogens (tertiary/aromatic N) is 3. The number of benzene rings is 3. The number of rotatable bonds is 11. The molecule has 11 heteroatoms. The van der Waals surface area contributed by atoms with Crippen molar-refractivity contribution in [1.29, 1.82) is 0 Å². The molecule has 0 bridgehead atoms. The molecule has 4 aromatic rings. The number of hydrogen-bond acceptors (Lipinski definition) is 7. The van der Waals surface area contributed by atoms with E-state index >= 15 is 0 Å². The standard InChI is InChI=1S/C31H30ClFN4O4S/c1-19-15-20(2)35-31(34-19)42-18-28(38)37(17-22-7-5-6-8-25(22)33)29(21-9-11-23(32)12-10-21)30(39)36-26-14-13-24(40-3)16-27(26)41-4/h5-16,29H,17-18H2,1-4H3,(H,36,39). The molecule has 0 aliphatic heterocycles. The Morgan fingerprint density at radius 2 is 1.67 bits per heavy atom. The van der Waals surface area contributed by atoms with Crippen molar-refractivity contribution in [3.63, 3.8) is 0 Å². The van der Waals surface area contributed by atoms with Crippen LogP contribution in [0.3, 0.4) is 0 Å². The molecule has 0 aliphatic carbocycles. The van der Waals surface area contributed by atoms with Crippen LogP contribution < -0.4 is 14.8 Å². The Morgan fingerprint density at radius 3 is 2.31 bits per heavy atom. The minimum absolute atomic E-state index is 0.0828. The highest BCUT2D eigenvalue weighted by Crippen LogP contribution is 2.33. The molecule has 1 aromatic heterocycles. The predicted molar refractivity (Wildman–Crippen MR) is 162 cm³/mol. The Morgan fingerprint density at radius 1 is 0.976 bits per heavy atom. The number of halogens is 2. The summed E-state index contributed by atoms with van der Waals surface area (Å²) in [5, 5.41) is 3.77. The molecule has 0 saturated carbocycles. The molecule has 0 fully saturated rings. The van der Waals surface area contributed by atoms with Gasteiger partial charge in [-0.3, -0.25) is 9.59 Å². The van der Waals surface area contributed by atoms with Gasteiger partial charge >= 0.3 is 0 Å². The molecule has 42 heavy (non-hydrogen) atoms. The van der Waals surface area contributed by atoms with E-state index in [0.717, 1.165) is 23.1 Å². The van der Waals surface area contributed by atoms with Gasteiger partial charge in [-0.1, -0.05) is 53.7 Å². The second-order valence-electron chi connectivity index (χ2n) is 9.34. The van der Waals surface area contributed by atoms with Crippen LogP contribution in [-0.2, 0) is 16.1 Å². The number of thioether (sulfide) groups is 1. The van der Waals surface area contributed by atoms with Crippen LogP contribution in [0.5, 0.6) is 11.5 Å². The first-order chi connectivity index (χ1) is 20.2. The van der Waals surface area contributed by atoms with Crippen LogP contribution in [0.1, 0.15) is 28.6 Å². The second-order valence-corrected chi connectivity index (χ2v) is 10.7. The van der Waals surface area contributed by atoms with Gasteiger partial charge in [-0.15, -0.1) is 0 Å². The molecule has 2 amide bonds. The van der Waals surface area contributed by atoms with Crippen LogP contribution in [0.2, 0.25) is 5.02 Å². The second kappa shape index (κ2) is 14.2. The fourth-order valence-corrected chi connectivity index (χ4v) is 5.28. The van der Waals surface area contributed by atoms with E-state index in [1.54, 1.807) is 60.7 Å². The third-order valence-corrected chi connectivity index (χ3v) is 7.40. The van der Waals surface area contributed by atoms with E-state index in [1.165, 1.54) is 25.2 Å². The highest BCUT2D eigenvalue weighted by molar-refractivity contribution is 7.99. The van der Waals surface area contributed by atoms with Crippen LogP contribution in [0.25, 0.3) is 0 Å². The van der Waals surface area contributed by atoms with E-state index in [0.29, 0.717) is 32.9 Å². The van der Waals surface area contributed by atoms with Gasteiger partial charge in [0.05, 0.1) is 25.7 Å². The van der Waals surface area contributed by atoms with Gasteiger partial charge in [0.25, 0.3) is 5.91 Å². The maximum absolute atomic E-state index is 14.9. The predicted octanol–water partition coefficient (Wildman–Crippen LogP) is 6.40. The third-order valence-electron chi connectivity index (χ3n) is 6.32. The van der Waals surface area contributed by atoms with Gasteiger partial charge in [-0.05, 0) is 55.8 Å². The molecular formula is C31H30ClFN4O4S. The minimum atomic E-state index is -1.15. The van der Waals surface area contributed by atoms with E-state index in [9.17, 15) is 14.0 Å². The minimum Gasteiger partial charge on any atom is -0.497 e. The van der Waals surface area contributed by atoms with E-state index in [2.05, 4.69) is 15.3 Å². The smallest absolute Gasteiger partial charge is 0.251 e. The molecule has 218 valence electrons. The summed E-state index contributed by atoms with van der Waals surface area (Å²) in [7, 11) is 3.00. The summed E-state index contributed by atoms with van der Waals surface area (Å²) in [6.45, 7) is 3.53. The van der Waals surface area contributed by atoms with E-state index in [1.807, 2.05) is 19.9 Å². The monoisotopic (exact) mass is 608 g/mol. The Bertz CT molecular complexity index is 1550. The normalized spacial score (nSPS) is 11.5. The quantitative estimate of drug-likeness (QED) is 0.155. The fourth-order valence-electron chi connectivity index (χ4n) is 4.32. The lowest BCUT2D eigenvalue weighted by Crippen LogP contribution is -2.42. The first-order valence-electron chi connectivity index (χ1n) is 12.9. The van der Waals surface area contributed by atoms with Crippen molar-refractivity contribution in [3.8, 4) is 11.5 Å². The van der Waals surface area contributed by atoms with Crippen molar-refractivity contribution >= 4 is 40.9 Å². The molecule has 0 spiro atoms. The summed E-state index contributed by atoms with van der Waals surface area (Å²) in [5.74, 6) is -0.609.